The Balaban J connectivity index is 1.87. The van der Waals surface area contributed by atoms with Crippen LogP contribution in [-0.2, 0) is 0 Å². The van der Waals surface area contributed by atoms with E-state index in [2.05, 4.69) is 15.1 Å². The van der Waals surface area contributed by atoms with Crippen molar-refractivity contribution in [1.29, 1.82) is 0 Å². The van der Waals surface area contributed by atoms with E-state index < -0.39 is 0 Å². The molecule has 0 spiro atoms. The molecular formula is C22H47N5. The van der Waals surface area contributed by atoms with Gasteiger partial charge >= 0.3 is 0 Å². The SMILES string of the molecule is NCCCNCCCN(CN(CCCN)C1CCCCC1)C1CCCCC1. The lowest BCUT2D eigenvalue weighted by molar-refractivity contribution is 0.0372. The predicted molar refractivity (Wildman–Crippen MR) is 117 cm³/mol. The number of nitrogens with zero attached hydrogens (tertiary/aromatic N) is 2. The molecular weight excluding hydrogens is 334 g/mol. The van der Waals surface area contributed by atoms with Crippen LogP contribution in [0, 0.1) is 0 Å². The minimum atomic E-state index is 0.790. The number of nitrogens with two attached hydrogens (primary N) is 2. The first kappa shape index (κ1) is 23.1. The summed E-state index contributed by atoms with van der Waals surface area (Å²) in [4.78, 5) is 5.62. The Labute approximate surface area is 168 Å². The Hall–Kier alpha value is -0.200. The molecule has 0 bridgehead atoms. The van der Waals surface area contributed by atoms with Crippen LogP contribution >= 0.6 is 0 Å². The van der Waals surface area contributed by atoms with Crippen molar-refractivity contribution in [2.75, 3.05) is 45.9 Å². The molecule has 2 aliphatic rings. The Morgan fingerprint density at radius 1 is 0.630 bits per heavy atom. The van der Waals surface area contributed by atoms with Gasteiger partial charge in [0, 0.05) is 25.2 Å². The largest absolute Gasteiger partial charge is 0.330 e. The third-order valence-electron chi connectivity index (χ3n) is 6.55. The molecule has 0 radical (unpaired) electrons. The van der Waals surface area contributed by atoms with Crippen molar-refractivity contribution < 1.29 is 0 Å². The minimum absolute atomic E-state index is 0.790. The second kappa shape index (κ2) is 14.7. The summed E-state index contributed by atoms with van der Waals surface area (Å²) in [6, 6.07) is 1.59. The molecule has 0 aromatic rings. The van der Waals surface area contributed by atoms with Crippen LogP contribution in [0.15, 0.2) is 0 Å². The van der Waals surface area contributed by atoms with Gasteiger partial charge in [-0.25, -0.2) is 0 Å². The molecule has 0 aliphatic heterocycles. The number of hydrogen-bond acceptors (Lipinski definition) is 5. The van der Waals surface area contributed by atoms with Crippen molar-refractivity contribution in [3.63, 3.8) is 0 Å². The third kappa shape index (κ3) is 9.23. The van der Waals surface area contributed by atoms with Gasteiger partial charge in [0.1, 0.15) is 0 Å². The first-order valence-corrected chi connectivity index (χ1v) is 11.9. The minimum Gasteiger partial charge on any atom is -0.330 e. The van der Waals surface area contributed by atoms with Gasteiger partial charge in [0.25, 0.3) is 0 Å². The molecule has 2 saturated carbocycles. The lowest BCUT2D eigenvalue weighted by Crippen LogP contribution is -2.49. The van der Waals surface area contributed by atoms with Gasteiger partial charge < -0.3 is 16.8 Å². The fourth-order valence-electron chi connectivity index (χ4n) is 4.92. The molecule has 160 valence electrons. The second-order valence-electron chi connectivity index (χ2n) is 8.74. The van der Waals surface area contributed by atoms with Gasteiger partial charge in [-0.2, -0.15) is 0 Å². The average molecular weight is 382 g/mol. The Bertz CT molecular complexity index is 340. The lowest BCUT2D eigenvalue weighted by Gasteiger charge is -2.42. The van der Waals surface area contributed by atoms with Crippen molar-refractivity contribution in [2.45, 2.75) is 95.6 Å². The molecule has 0 saturated heterocycles. The van der Waals surface area contributed by atoms with Gasteiger partial charge in [-0.3, -0.25) is 9.80 Å². The number of rotatable bonds is 14. The summed E-state index contributed by atoms with van der Waals surface area (Å²) in [6.07, 6.45) is 17.6. The zero-order valence-corrected chi connectivity index (χ0v) is 17.8. The summed E-state index contributed by atoms with van der Waals surface area (Å²) in [5.74, 6) is 0. The van der Waals surface area contributed by atoms with Gasteiger partial charge in [-0.15, -0.1) is 0 Å². The summed E-state index contributed by atoms with van der Waals surface area (Å²) in [6.45, 7) is 7.36. The molecule has 0 atom stereocenters. The topological polar surface area (TPSA) is 70.5 Å². The first-order chi connectivity index (χ1) is 13.3. The van der Waals surface area contributed by atoms with Gasteiger partial charge in [0.05, 0.1) is 6.67 Å². The van der Waals surface area contributed by atoms with E-state index in [4.69, 9.17) is 11.5 Å². The fraction of sp³-hybridized carbons (Fsp3) is 1.00. The van der Waals surface area contributed by atoms with Crippen molar-refractivity contribution in [2.24, 2.45) is 11.5 Å². The lowest BCUT2D eigenvalue weighted by atomic mass is 9.93. The quantitative estimate of drug-likeness (QED) is 0.319. The third-order valence-corrected chi connectivity index (χ3v) is 6.55. The molecule has 2 aliphatic carbocycles. The van der Waals surface area contributed by atoms with Crippen LogP contribution in [0.3, 0.4) is 0 Å². The van der Waals surface area contributed by atoms with E-state index >= 15 is 0 Å². The number of hydrogen-bond donors (Lipinski definition) is 3. The molecule has 5 heteroatoms. The maximum absolute atomic E-state index is 5.86. The van der Waals surface area contributed by atoms with E-state index in [1.54, 1.807) is 0 Å². The molecule has 0 aromatic heterocycles. The molecule has 5 N–H and O–H groups in total. The van der Waals surface area contributed by atoms with Crippen LogP contribution in [-0.4, -0.2) is 67.8 Å². The van der Waals surface area contributed by atoms with E-state index in [1.165, 1.54) is 83.7 Å². The maximum Gasteiger partial charge on any atom is 0.0511 e. The highest BCUT2D eigenvalue weighted by molar-refractivity contribution is 4.80. The summed E-state index contributed by atoms with van der Waals surface area (Å²) < 4.78 is 0. The zero-order valence-electron chi connectivity index (χ0n) is 17.8. The maximum atomic E-state index is 5.86. The van der Waals surface area contributed by atoms with Crippen molar-refractivity contribution >= 4 is 0 Å². The predicted octanol–water partition coefficient (Wildman–Crippen LogP) is 2.89. The fourth-order valence-corrected chi connectivity index (χ4v) is 4.92. The van der Waals surface area contributed by atoms with E-state index in [0.717, 1.165) is 57.8 Å². The van der Waals surface area contributed by atoms with Crippen LogP contribution < -0.4 is 16.8 Å². The molecule has 2 rings (SSSR count). The summed E-state index contributed by atoms with van der Waals surface area (Å²) >= 11 is 0. The Morgan fingerprint density at radius 2 is 1.11 bits per heavy atom. The van der Waals surface area contributed by atoms with Gasteiger partial charge in [-0.1, -0.05) is 38.5 Å². The van der Waals surface area contributed by atoms with Crippen LogP contribution in [0.5, 0.6) is 0 Å². The summed E-state index contributed by atoms with van der Waals surface area (Å²) in [5.41, 5.74) is 11.5. The van der Waals surface area contributed by atoms with Crippen LogP contribution in [0.1, 0.15) is 83.5 Å². The van der Waals surface area contributed by atoms with Crippen LogP contribution in [0.25, 0.3) is 0 Å². The van der Waals surface area contributed by atoms with E-state index in [9.17, 15) is 0 Å². The Kier molecular flexibility index (Phi) is 12.6. The smallest absolute Gasteiger partial charge is 0.0511 e. The van der Waals surface area contributed by atoms with E-state index in [-0.39, 0.29) is 0 Å². The molecule has 5 nitrogen and oxygen atoms in total. The standard InChI is InChI=1S/C22H47N5/c23-14-7-16-25-17-9-19-27(22-12-5-2-6-13-22)20-26(18-8-15-24)21-10-3-1-4-11-21/h21-22,25H,1-20,23-24H2. The molecule has 2 fully saturated rings. The van der Waals surface area contributed by atoms with Gasteiger partial charge in [0.15, 0.2) is 0 Å². The molecule has 27 heavy (non-hydrogen) atoms. The van der Waals surface area contributed by atoms with Crippen LogP contribution in [0.4, 0.5) is 0 Å². The monoisotopic (exact) mass is 381 g/mol. The second-order valence-corrected chi connectivity index (χ2v) is 8.74. The first-order valence-electron chi connectivity index (χ1n) is 11.9. The average Bonchev–Trinajstić information content (AvgIpc) is 2.73. The van der Waals surface area contributed by atoms with Crippen molar-refractivity contribution in [3.8, 4) is 0 Å². The molecule has 0 unspecified atom stereocenters. The van der Waals surface area contributed by atoms with Crippen molar-refractivity contribution in [3.05, 3.63) is 0 Å². The highest BCUT2D eigenvalue weighted by Gasteiger charge is 2.26. The molecule has 0 heterocycles. The highest BCUT2D eigenvalue weighted by Crippen LogP contribution is 2.26. The Morgan fingerprint density at radius 3 is 1.63 bits per heavy atom. The number of nitrogens with one attached hydrogen (secondary N) is 1. The molecule has 0 amide bonds. The van der Waals surface area contributed by atoms with Crippen molar-refractivity contribution in [1.82, 2.24) is 15.1 Å². The van der Waals surface area contributed by atoms with Gasteiger partial charge in [0.2, 0.25) is 0 Å². The van der Waals surface area contributed by atoms with E-state index in [0.29, 0.717) is 0 Å². The zero-order chi connectivity index (χ0) is 19.2. The summed E-state index contributed by atoms with van der Waals surface area (Å²) in [7, 11) is 0. The van der Waals surface area contributed by atoms with Gasteiger partial charge in [-0.05, 0) is 71.1 Å². The molecule has 0 aromatic carbocycles. The van der Waals surface area contributed by atoms with Crippen LogP contribution in [0.2, 0.25) is 0 Å². The summed E-state index contributed by atoms with van der Waals surface area (Å²) in [5, 5.41) is 3.56. The highest BCUT2D eigenvalue weighted by atomic mass is 15.3. The normalized spacial score (nSPS) is 20.0. The van der Waals surface area contributed by atoms with E-state index in [1.807, 2.05) is 0 Å².